The van der Waals surface area contributed by atoms with Gasteiger partial charge in [0.25, 0.3) is 5.91 Å². The Morgan fingerprint density at radius 3 is 2.43 bits per heavy atom. The predicted molar refractivity (Wildman–Crippen MR) is 121 cm³/mol. The van der Waals surface area contributed by atoms with Crippen LogP contribution in [0.2, 0.25) is 0 Å². The normalized spacial score (nSPS) is 11.3. The number of hydrogen-bond acceptors (Lipinski definition) is 2. The lowest BCUT2D eigenvalue weighted by Crippen LogP contribution is -2.13. The van der Waals surface area contributed by atoms with Crippen molar-refractivity contribution >= 4 is 28.4 Å². The van der Waals surface area contributed by atoms with Gasteiger partial charge in [-0.3, -0.25) is 4.79 Å². The number of aryl methyl sites for hydroxylation is 1. The number of rotatable bonds is 4. The van der Waals surface area contributed by atoms with E-state index in [4.69, 9.17) is 0 Å². The molecule has 1 N–H and O–H groups in total. The minimum absolute atomic E-state index is 0.0660. The van der Waals surface area contributed by atoms with Crippen LogP contribution in [0.5, 0.6) is 0 Å². The molecular formula is C26H21N3O. The van der Waals surface area contributed by atoms with E-state index < -0.39 is 5.91 Å². The van der Waals surface area contributed by atoms with E-state index in [1.165, 1.54) is 0 Å². The van der Waals surface area contributed by atoms with Crippen molar-refractivity contribution in [1.82, 2.24) is 4.57 Å². The minimum atomic E-state index is -0.418. The first-order chi connectivity index (χ1) is 14.6. The van der Waals surface area contributed by atoms with Gasteiger partial charge in [0.05, 0.1) is 0 Å². The van der Waals surface area contributed by atoms with Gasteiger partial charge in [-0.2, -0.15) is 5.26 Å². The van der Waals surface area contributed by atoms with Crippen LogP contribution in [0.25, 0.3) is 22.5 Å². The minimum Gasteiger partial charge on any atom is -0.321 e. The van der Waals surface area contributed by atoms with Crippen LogP contribution in [0.1, 0.15) is 17.0 Å². The van der Waals surface area contributed by atoms with Crippen molar-refractivity contribution in [2.24, 2.45) is 0 Å². The lowest BCUT2D eigenvalue weighted by Gasteiger charge is -2.09. The molecule has 0 aliphatic carbocycles. The van der Waals surface area contributed by atoms with E-state index in [9.17, 15) is 10.1 Å². The molecule has 0 saturated heterocycles. The molecule has 1 amide bonds. The van der Waals surface area contributed by atoms with E-state index in [-0.39, 0.29) is 5.57 Å². The molecule has 3 aromatic carbocycles. The first-order valence-electron chi connectivity index (χ1n) is 9.74. The molecule has 4 nitrogen and oxygen atoms in total. The standard InChI is InChI=1S/C26H21N3O/c1-18-15-21(19(2)29(18)23-11-4-3-5-12-23)16-22(17-27)26(30)28-25-14-8-10-20-9-6-7-13-24(20)25/h3-16H,1-2H3,(H,28,30)/b22-16+. The molecule has 4 rings (SSSR count). The summed E-state index contributed by atoms with van der Waals surface area (Å²) in [6.07, 6.45) is 1.65. The highest BCUT2D eigenvalue weighted by atomic mass is 16.1. The highest BCUT2D eigenvalue weighted by Gasteiger charge is 2.14. The van der Waals surface area contributed by atoms with E-state index >= 15 is 0 Å². The fraction of sp³-hybridized carbons (Fsp3) is 0.0769. The number of carbonyl (C=O) groups excluding carboxylic acids is 1. The van der Waals surface area contributed by atoms with E-state index in [1.54, 1.807) is 6.08 Å². The smallest absolute Gasteiger partial charge is 0.266 e. The molecule has 0 unspecified atom stereocenters. The Balaban J connectivity index is 1.68. The Kier molecular flexibility index (Phi) is 5.19. The van der Waals surface area contributed by atoms with Gasteiger partial charge in [0.15, 0.2) is 0 Å². The molecule has 0 aliphatic heterocycles. The number of amides is 1. The molecule has 1 heterocycles. The summed E-state index contributed by atoms with van der Waals surface area (Å²) in [5, 5.41) is 14.5. The zero-order valence-electron chi connectivity index (χ0n) is 16.9. The lowest BCUT2D eigenvalue weighted by molar-refractivity contribution is -0.112. The van der Waals surface area contributed by atoms with Crippen molar-refractivity contribution in [3.63, 3.8) is 0 Å². The molecule has 1 aromatic heterocycles. The number of benzene rings is 3. The van der Waals surface area contributed by atoms with Gasteiger partial charge < -0.3 is 9.88 Å². The molecule has 0 fully saturated rings. The third-order valence-electron chi connectivity index (χ3n) is 5.19. The number of nitrogens with one attached hydrogen (secondary N) is 1. The molecule has 0 atom stereocenters. The fourth-order valence-corrected chi connectivity index (χ4v) is 3.74. The van der Waals surface area contributed by atoms with Gasteiger partial charge >= 0.3 is 0 Å². The maximum absolute atomic E-state index is 12.9. The molecule has 30 heavy (non-hydrogen) atoms. The molecular weight excluding hydrogens is 370 g/mol. The summed E-state index contributed by atoms with van der Waals surface area (Å²) in [4.78, 5) is 12.9. The molecule has 4 heteroatoms. The zero-order chi connectivity index (χ0) is 21.1. The van der Waals surface area contributed by atoms with E-state index in [1.807, 2.05) is 92.7 Å². The Bertz CT molecular complexity index is 1300. The van der Waals surface area contributed by atoms with Crippen molar-refractivity contribution in [3.8, 4) is 11.8 Å². The SMILES string of the molecule is Cc1cc(/C=C(\C#N)C(=O)Nc2cccc3ccccc23)c(C)n1-c1ccccc1. The van der Waals surface area contributed by atoms with Crippen LogP contribution in [0.15, 0.2) is 84.4 Å². The van der Waals surface area contributed by atoms with Crippen molar-refractivity contribution in [2.45, 2.75) is 13.8 Å². The number of aromatic nitrogens is 1. The number of nitriles is 1. The van der Waals surface area contributed by atoms with Crippen LogP contribution < -0.4 is 5.32 Å². The summed E-state index contributed by atoms with van der Waals surface area (Å²) in [6, 6.07) is 27.6. The highest BCUT2D eigenvalue weighted by Crippen LogP contribution is 2.25. The molecule has 146 valence electrons. The summed E-state index contributed by atoms with van der Waals surface area (Å²) in [5.74, 6) is -0.418. The largest absolute Gasteiger partial charge is 0.321 e. The fourth-order valence-electron chi connectivity index (χ4n) is 3.74. The number of para-hydroxylation sites is 1. The summed E-state index contributed by atoms with van der Waals surface area (Å²) >= 11 is 0. The molecule has 0 bridgehead atoms. The second-order valence-electron chi connectivity index (χ2n) is 7.15. The maximum Gasteiger partial charge on any atom is 0.266 e. The first kappa shape index (κ1) is 19.2. The molecule has 0 saturated carbocycles. The van der Waals surface area contributed by atoms with Crippen molar-refractivity contribution < 1.29 is 4.79 Å². The molecule has 0 aliphatic rings. The highest BCUT2D eigenvalue weighted by molar-refractivity contribution is 6.13. The topological polar surface area (TPSA) is 57.8 Å². The van der Waals surface area contributed by atoms with Crippen LogP contribution in [-0.4, -0.2) is 10.5 Å². The van der Waals surface area contributed by atoms with Crippen molar-refractivity contribution in [1.29, 1.82) is 5.26 Å². The van der Waals surface area contributed by atoms with Crippen molar-refractivity contribution in [3.05, 3.63) is 101 Å². The van der Waals surface area contributed by atoms with Crippen LogP contribution >= 0.6 is 0 Å². The molecule has 0 spiro atoms. The lowest BCUT2D eigenvalue weighted by atomic mass is 10.1. The monoisotopic (exact) mass is 391 g/mol. The van der Waals surface area contributed by atoms with Crippen LogP contribution in [0.4, 0.5) is 5.69 Å². The predicted octanol–water partition coefficient (Wildman–Crippen LogP) is 5.79. The van der Waals surface area contributed by atoms with E-state index in [2.05, 4.69) is 16.0 Å². The van der Waals surface area contributed by atoms with Gasteiger partial charge in [0.2, 0.25) is 0 Å². The van der Waals surface area contributed by atoms with E-state index in [0.717, 1.165) is 33.4 Å². The summed E-state index contributed by atoms with van der Waals surface area (Å²) < 4.78 is 2.11. The number of hydrogen-bond donors (Lipinski definition) is 1. The Labute approximate surface area is 175 Å². The van der Waals surface area contributed by atoms with Gasteiger partial charge in [-0.15, -0.1) is 0 Å². The van der Waals surface area contributed by atoms with Gasteiger partial charge in [0.1, 0.15) is 11.6 Å². The molecule has 0 radical (unpaired) electrons. The number of nitrogens with zero attached hydrogens (tertiary/aromatic N) is 2. The van der Waals surface area contributed by atoms with Gasteiger partial charge in [-0.05, 0) is 55.1 Å². The van der Waals surface area contributed by atoms with Gasteiger partial charge in [0, 0.05) is 28.1 Å². The number of fused-ring (bicyclic) bond motifs is 1. The molecule has 4 aromatic rings. The first-order valence-corrected chi connectivity index (χ1v) is 9.74. The van der Waals surface area contributed by atoms with Crippen LogP contribution in [0.3, 0.4) is 0 Å². The number of anilines is 1. The second-order valence-corrected chi connectivity index (χ2v) is 7.15. The average molecular weight is 391 g/mol. The average Bonchev–Trinajstić information content (AvgIpc) is 3.05. The van der Waals surface area contributed by atoms with Crippen LogP contribution in [0, 0.1) is 25.2 Å². The van der Waals surface area contributed by atoms with E-state index in [0.29, 0.717) is 5.69 Å². The Morgan fingerprint density at radius 1 is 0.967 bits per heavy atom. The van der Waals surface area contributed by atoms with Gasteiger partial charge in [-0.1, -0.05) is 54.6 Å². The third-order valence-corrected chi connectivity index (χ3v) is 5.19. The Morgan fingerprint density at radius 2 is 1.67 bits per heavy atom. The van der Waals surface area contributed by atoms with Crippen LogP contribution in [-0.2, 0) is 4.79 Å². The zero-order valence-corrected chi connectivity index (χ0v) is 16.9. The number of carbonyl (C=O) groups is 1. The van der Waals surface area contributed by atoms with Gasteiger partial charge in [-0.25, -0.2) is 0 Å². The summed E-state index contributed by atoms with van der Waals surface area (Å²) in [5.41, 5.74) is 4.67. The summed E-state index contributed by atoms with van der Waals surface area (Å²) in [6.45, 7) is 4.00. The quantitative estimate of drug-likeness (QED) is 0.353. The second kappa shape index (κ2) is 8.10. The maximum atomic E-state index is 12.9. The Hall–Kier alpha value is -4.10. The third kappa shape index (κ3) is 3.61. The van der Waals surface area contributed by atoms with Crippen molar-refractivity contribution in [2.75, 3.05) is 5.32 Å². The summed E-state index contributed by atoms with van der Waals surface area (Å²) in [7, 11) is 0.